The summed E-state index contributed by atoms with van der Waals surface area (Å²) < 4.78 is 1.41. The average Bonchev–Trinajstić information content (AvgIpc) is 2.23. The summed E-state index contributed by atoms with van der Waals surface area (Å²) in [6.07, 6.45) is 6.87. The molecular weight excluding hydrogens is 305 g/mol. The summed E-state index contributed by atoms with van der Waals surface area (Å²) in [5.74, 6) is 0. The second-order valence-corrected chi connectivity index (χ2v) is 6.12. The fraction of sp³-hybridized carbons (Fsp3) is 0.818. The van der Waals surface area contributed by atoms with Crippen LogP contribution >= 0.6 is 22.1 Å². The van der Waals surface area contributed by atoms with E-state index in [0.717, 1.165) is 13.0 Å². The van der Waals surface area contributed by atoms with Crippen molar-refractivity contribution < 1.29 is 9.90 Å². The van der Waals surface area contributed by atoms with Crippen molar-refractivity contribution in [3.63, 3.8) is 0 Å². The Morgan fingerprint density at radius 3 is 2.47 bits per heavy atom. The molecule has 0 aromatic heterocycles. The normalized spacial score (nSPS) is 25.7. The Balaban J connectivity index is 2.05. The first-order valence-corrected chi connectivity index (χ1v) is 6.82. The van der Waals surface area contributed by atoms with Crippen molar-refractivity contribution in [2.45, 2.75) is 38.5 Å². The molecule has 4 heteroatoms. The van der Waals surface area contributed by atoms with E-state index in [1.54, 1.807) is 4.90 Å². The number of halogens is 1. The molecule has 15 heavy (non-hydrogen) atoms. The molecule has 0 aromatic carbocycles. The van der Waals surface area contributed by atoms with Gasteiger partial charge in [-0.15, -0.1) is 22.1 Å². The lowest BCUT2D eigenvalue weighted by Gasteiger charge is -2.44. The van der Waals surface area contributed by atoms with Crippen LogP contribution in [0.1, 0.15) is 38.5 Å². The molecule has 1 heterocycles. The monoisotopic (exact) mass is 323 g/mol. The molecule has 1 spiro atoms. The SMILES string of the molecule is O=C(O)N1CCC2(CCCCC2)C(=[IH])C1. The molecule has 1 amide bonds. The van der Waals surface area contributed by atoms with Gasteiger partial charge in [-0.25, -0.2) is 4.79 Å². The van der Waals surface area contributed by atoms with Gasteiger partial charge >= 0.3 is 6.09 Å². The third-order valence-corrected chi connectivity index (χ3v) is 5.47. The third kappa shape index (κ3) is 2.19. The molecule has 1 aliphatic heterocycles. The zero-order chi connectivity index (χ0) is 10.9. The quantitative estimate of drug-likeness (QED) is 0.696. The summed E-state index contributed by atoms with van der Waals surface area (Å²) in [5, 5.41) is 8.96. The van der Waals surface area contributed by atoms with Crippen LogP contribution < -0.4 is 0 Å². The Morgan fingerprint density at radius 2 is 1.93 bits per heavy atom. The number of hydrogen-bond acceptors (Lipinski definition) is 1. The predicted octanol–water partition coefficient (Wildman–Crippen LogP) is 2.66. The minimum Gasteiger partial charge on any atom is -0.465 e. The maximum absolute atomic E-state index is 10.9. The molecule has 2 fully saturated rings. The summed E-state index contributed by atoms with van der Waals surface area (Å²) >= 11 is 2.07. The lowest BCUT2D eigenvalue weighted by molar-refractivity contribution is 0.130. The third-order valence-electron chi connectivity index (χ3n) is 3.87. The van der Waals surface area contributed by atoms with Gasteiger partial charge in [0.1, 0.15) is 0 Å². The van der Waals surface area contributed by atoms with Crippen LogP contribution in [-0.2, 0) is 0 Å². The van der Waals surface area contributed by atoms with Crippen molar-refractivity contribution in [2.75, 3.05) is 13.1 Å². The molecule has 2 aliphatic rings. The van der Waals surface area contributed by atoms with Gasteiger partial charge in [0.25, 0.3) is 0 Å². The highest BCUT2D eigenvalue weighted by Crippen LogP contribution is 2.43. The summed E-state index contributed by atoms with van der Waals surface area (Å²) in [7, 11) is 0. The van der Waals surface area contributed by atoms with Gasteiger partial charge in [-0.2, -0.15) is 0 Å². The molecule has 1 saturated heterocycles. The van der Waals surface area contributed by atoms with Crippen molar-refractivity contribution in [3.8, 4) is 0 Å². The summed E-state index contributed by atoms with van der Waals surface area (Å²) in [6.45, 7) is 1.40. The van der Waals surface area contributed by atoms with Crippen molar-refractivity contribution in [2.24, 2.45) is 5.41 Å². The lowest BCUT2D eigenvalue weighted by atomic mass is 9.68. The highest BCUT2D eigenvalue weighted by molar-refractivity contribution is 14.1. The highest BCUT2D eigenvalue weighted by atomic mass is 127. The van der Waals surface area contributed by atoms with E-state index in [9.17, 15) is 4.79 Å². The van der Waals surface area contributed by atoms with Crippen LogP contribution in [0.4, 0.5) is 4.79 Å². The van der Waals surface area contributed by atoms with Crippen LogP contribution in [0.5, 0.6) is 0 Å². The van der Waals surface area contributed by atoms with E-state index in [1.807, 2.05) is 0 Å². The van der Waals surface area contributed by atoms with Gasteiger partial charge in [0.15, 0.2) is 0 Å². The number of carboxylic acid groups (broad SMARTS) is 1. The van der Waals surface area contributed by atoms with Crippen LogP contribution in [0.25, 0.3) is 0 Å². The summed E-state index contributed by atoms with van der Waals surface area (Å²) in [6, 6.07) is 0. The van der Waals surface area contributed by atoms with Gasteiger partial charge in [-0.05, 0) is 28.2 Å². The van der Waals surface area contributed by atoms with E-state index in [4.69, 9.17) is 5.11 Å². The summed E-state index contributed by atoms with van der Waals surface area (Å²) in [4.78, 5) is 12.4. The van der Waals surface area contributed by atoms with E-state index in [2.05, 4.69) is 22.1 Å². The van der Waals surface area contributed by atoms with Gasteiger partial charge in [0.05, 0.1) is 6.54 Å². The van der Waals surface area contributed by atoms with Gasteiger partial charge in [0, 0.05) is 6.54 Å². The Hall–Kier alpha value is -0.130. The van der Waals surface area contributed by atoms with Crippen molar-refractivity contribution in [3.05, 3.63) is 0 Å². The first-order chi connectivity index (χ1) is 7.14. The first kappa shape index (κ1) is 11.4. The zero-order valence-corrected chi connectivity index (χ0v) is 11.2. The topological polar surface area (TPSA) is 40.5 Å². The standard InChI is InChI=1S/C11H18INO2/c12-9-8-13(10(14)15)7-6-11(9)4-2-1-3-5-11/h12H,1-8H2,(H,14,15). The Kier molecular flexibility index (Phi) is 3.33. The largest absolute Gasteiger partial charge is 0.465 e. The van der Waals surface area contributed by atoms with Crippen molar-refractivity contribution in [1.29, 1.82) is 0 Å². The molecule has 1 aliphatic carbocycles. The predicted molar refractivity (Wildman–Crippen MR) is 70.2 cm³/mol. The number of hydrogen-bond donors (Lipinski definition) is 1. The molecule has 0 bridgehead atoms. The average molecular weight is 323 g/mol. The molecule has 0 radical (unpaired) electrons. The van der Waals surface area contributed by atoms with E-state index in [0.29, 0.717) is 12.0 Å². The van der Waals surface area contributed by atoms with E-state index < -0.39 is 6.09 Å². The Bertz CT molecular complexity index is 284. The maximum Gasteiger partial charge on any atom is 0.407 e. The van der Waals surface area contributed by atoms with Gasteiger partial charge in [0.2, 0.25) is 0 Å². The number of rotatable bonds is 0. The van der Waals surface area contributed by atoms with Crippen molar-refractivity contribution >= 4 is 31.7 Å². The smallest absolute Gasteiger partial charge is 0.407 e. The molecule has 0 atom stereocenters. The van der Waals surface area contributed by atoms with Crippen LogP contribution in [0.2, 0.25) is 0 Å². The fourth-order valence-electron chi connectivity index (χ4n) is 2.83. The fourth-order valence-corrected chi connectivity index (χ4v) is 4.15. The molecule has 3 nitrogen and oxygen atoms in total. The van der Waals surface area contributed by atoms with Crippen LogP contribution in [-0.4, -0.2) is 32.7 Å². The highest BCUT2D eigenvalue weighted by Gasteiger charge is 2.39. The number of amides is 1. The zero-order valence-electron chi connectivity index (χ0n) is 8.87. The maximum atomic E-state index is 10.9. The Morgan fingerprint density at radius 1 is 1.27 bits per heavy atom. The van der Waals surface area contributed by atoms with Gasteiger partial charge in [-0.1, -0.05) is 19.3 Å². The molecule has 2 rings (SSSR count). The molecule has 0 unspecified atom stereocenters. The molecular formula is C11H18INO2. The molecule has 86 valence electrons. The van der Waals surface area contributed by atoms with Crippen LogP contribution in [0, 0.1) is 5.41 Å². The molecule has 1 saturated carbocycles. The second-order valence-electron chi connectivity index (χ2n) is 4.72. The Labute approximate surface area is 103 Å². The summed E-state index contributed by atoms with van der Waals surface area (Å²) in [5.41, 5.74) is 0.397. The van der Waals surface area contributed by atoms with Gasteiger partial charge < -0.3 is 10.0 Å². The van der Waals surface area contributed by atoms with E-state index in [1.165, 1.54) is 35.6 Å². The second kappa shape index (κ2) is 4.39. The van der Waals surface area contributed by atoms with Crippen LogP contribution in [0.15, 0.2) is 0 Å². The lowest BCUT2D eigenvalue weighted by Crippen LogP contribution is -2.49. The molecule has 1 N–H and O–H groups in total. The first-order valence-electron chi connectivity index (χ1n) is 5.65. The van der Waals surface area contributed by atoms with Crippen LogP contribution in [0.3, 0.4) is 0 Å². The van der Waals surface area contributed by atoms with E-state index >= 15 is 0 Å². The van der Waals surface area contributed by atoms with E-state index in [-0.39, 0.29) is 0 Å². The number of carbonyl (C=O) groups is 1. The van der Waals surface area contributed by atoms with Gasteiger partial charge in [-0.3, -0.25) is 0 Å². The minimum absolute atomic E-state index is 0.397. The number of likely N-dealkylation sites (tertiary alicyclic amines) is 1. The molecule has 0 aromatic rings. The van der Waals surface area contributed by atoms with Crippen molar-refractivity contribution in [1.82, 2.24) is 4.90 Å². The minimum atomic E-state index is -0.762. The number of piperidine rings is 1. The number of nitrogens with zero attached hydrogens (tertiary/aromatic N) is 1.